The van der Waals surface area contributed by atoms with Gasteiger partial charge in [0.2, 0.25) is 5.91 Å². The Hall–Kier alpha value is -1.10. The average molecular weight is 286 g/mol. The number of carboxylic acids is 1. The normalized spacial score (nSPS) is 13.6. The summed E-state index contributed by atoms with van der Waals surface area (Å²) in [5.41, 5.74) is -0.213. The van der Waals surface area contributed by atoms with Crippen molar-refractivity contribution in [3.8, 4) is 0 Å². The molecule has 5 nitrogen and oxygen atoms in total. The van der Waals surface area contributed by atoms with Gasteiger partial charge in [0, 0.05) is 18.0 Å². The first-order chi connectivity index (χ1) is 9.10. The molecule has 0 spiro atoms. The van der Waals surface area contributed by atoms with E-state index >= 15 is 0 Å². The van der Waals surface area contributed by atoms with Crippen LogP contribution in [0.4, 0.5) is 0 Å². The molecule has 0 bridgehead atoms. The number of nitrogens with zero attached hydrogens (tertiary/aromatic N) is 1. The predicted molar refractivity (Wildman–Crippen MR) is 80.7 cm³/mol. The second-order valence-electron chi connectivity index (χ2n) is 6.23. The molecule has 0 rings (SSSR count). The van der Waals surface area contributed by atoms with Gasteiger partial charge in [-0.05, 0) is 54.0 Å². The number of rotatable bonds is 9. The molecule has 5 heteroatoms. The number of carbonyl (C=O) groups is 2. The number of aliphatic carboxylic acids is 1. The van der Waals surface area contributed by atoms with Crippen molar-refractivity contribution >= 4 is 11.9 Å². The fourth-order valence-electron chi connectivity index (χ4n) is 1.99. The zero-order chi connectivity index (χ0) is 15.9. The van der Waals surface area contributed by atoms with Crippen LogP contribution in [0.2, 0.25) is 0 Å². The second kappa shape index (κ2) is 8.25. The van der Waals surface area contributed by atoms with Crippen LogP contribution in [-0.2, 0) is 9.59 Å². The number of hydrogen-bond acceptors (Lipinski definition) is 3. The van der Waals surface area contributed by atoms with E-state index < -0.39 is 5.97 Å². The van der Waals surface area contributed by atoms with Gasteiger partial charge in [-0.1, -0.05) is 6.92 Å². The number of carbonyl (C=O) groups excluding carboxylic acids is 1. The first kappa shape index (κ1) is 18.9. The minimum absolute atomic E-state index is 0.000810. The van der Waals surface area contributed by atoms with Gasteiger partial charge in [-0.15, -0.1) is 0 Å². The maximum absolute atomic E-state index is 12.3. The van der Waals surface area contributed by atoms with E-state index in [4.69, 9.17) is 5.11 Å². The average Bonchev–Trinajstić information content (AvgIpc) is 2.32. The zero-order valence-corrected chi connectivity index (χ0v) is 13.7. The molecule has 0 fully saturated rings. The van der Waals surface area contributed by atoms with Gasteiger partial charge in [0.15, 0.2) is 0 Å². The molecule has 0 radical (unpaired) electrons. The highest BCUT2D eigenvalue weighted by Crippen LogP contribution is 2.12. The predicted octanol–water partition coefficient (Wildman–Crippen LogP) is 2.25. The third kappa shape index (κ3) is 6.89. The van der Waals surface area contributed by atoms with Gasteiger partial charge < -0.3 is 10.4 Å². The first-order valence-electron chi connectivity index (χ1n) is 7.40. The van der Waals surface area contributed by atoms with Gasteiger partial charge in [-0.25, -0.2) is 0 Å². The highest BCUT2D eigenvalue weighted by atomic mass is 16.4. The SMILES string of the molecule is CCC(C)(C)NC(=O)C(C)N(CCCC(=O)O)C(C)C. The lowest BCUT2D eigenvalue weighted by Gasteiger charge is -2.34. The van der Waals surface area contributed by atoms with E-state index in [9.17, 15) is 9.59 Å². The standard InChI is InChI=1S/C15H30N2O3/c1-7-15(5,6)16-14(20)12(4)17(11(2)3)10-8-9-13(18)19/h11-12H,7-10H2,1-6H3,(H,16,20)(H,18,19). The van der Waals surface area contributed by atoms with Crippen molar-refractivity contribution in [1.29, 1.82) is 0 Å². The highest BCUT2D eigenvalue weighted by Gasteiger charge is 2.27. The topological polar surface area (TPSA) is 69.6 Å². The van der Waals surface area contributed by atoms with Gasteiger partial charge in [-0.2, -0.15) is 0 Å². The zero-order valence-electron chi connectivity index (χ0n) is 13.7. The van der Waals surface area contributed by atoms with Crippen LogP contribution in [0.15, 0.2) is 0 Å². The maximum Gasteiger partial charge on any atom is 0.303 e. The number of carboxylic acid groups (broad SMARTS) is 1. The van der Waals surface area contributed by atoms with Gasteiger partial charge >= 0.3 is 5.97 Å². The third-order valence-corrected chi connectivity index (χ3v) is 3.69. The molecule has 118 valence electrons. The second-order valence-corrected chi connectivity index (χ2v) is 6.23. The molecule has 0 aliphatic heterocycles. The molecule has 0 aromatic carbocycles. The number of amides is 1. The summed E-state index contributed by atoms with van der Waals surface area (Å²) in [5, 5.41) is 11.7. The first-order valence-corrected chi connectivity index (χ1v) is 7.40. The molecule has 1 amide bonds. The quantitative estimate of drug-likeness (QED) is 0.682. The van der Waals surface area contributed by atoms with Gasteiger partial charge in [0.05, 0.1) is 6.04 Å². The van der Waals surface area contributed by atoms with Crippen molar-refractivity contribution in [2.45, 2.75) is 78.4 Å². The molecule has 1 atom stereocenters. The van der Waals surface area contributed by atoms with E-state index in [0.717, 1.165) is 6.42 Å². The van der Waals surface area contributed by atoms with E-state index in [1.165, 1.54) is 0 Å². The Morgan fingerprint density at radius 3 is 2.20 bits per heavy atom. The molecule has 2 N–H and O–H groups in total. The van der Waals surface area contributed by atoms with Crippen LogP contribution in [-0.4, -0.2) is 46.1 Å². The minimum atomic E-state index is -0.794. The lowest BCUT2D eigenvalue weighted by atomic mass is 10.0. The molecule has 0 aromatic heterocycles. The fourth-order valence-corrected chi connectivity index (χ4v) is 1.99. The van der Waals surface area contributed by atoms with Crippen LogP contribution in [0.25, 0.3) is 0 Å². The van der Waals surface area contributed by atoms with Crippen LogP contribution in [0, 0.1) is 0 Å². The van der Waals surface area contributed by atoms with Crippen LogP contribution in [0.3, 0.4) is 0 Å². The van der Waals surface area contributed by atoms with Crippen molar-refractivity contribution in [2.75, 3.05) is 6.54 Å². The molecule has 0 aliphatic rings. The van der Waals surface area contributed by atoms with Crippen molar-refractivity contribution in [1.82, 2.24) is 10.2 Å². The van der Waals surface area contributed by atoms with Gasteiger partial charge in [-0.3, -0.25) is 14.5 Å². The highest BCUT2D eigenvalue weighted by molar-refractivity contribution is 5.82. The van der Waals surface area contributed by atoms with E-state index in [0.29, 0.717) is 13.0 Å². The summed E-state index contributed by atoms with van der Waals surface area (Å²) in [4.78, 5) is 24.9. The maximum atomic E-state index is 12.3. The van der Waals surface area contributed by atoms with Crippen molar-refractivity contribution < 1.29 is 14.7 Å². The smallest absolute Gasteiger partial charge is 0.303 e. The van der Waals surface area contributed by atoms with E-state index in [2.05, 4.69) is 5.32 Å². The van der Waals surface area contributed by atoms with Crippen molar-refractivity contribution in [2.24, 2.45) is 0 Å². The monoisotopic (exact) mass is 286 g/mol. The summed E-state index contributed by atoms with van der Waals surface area (Å²) in [6, 6.07) is -0.0519. The Morgan fingerprint density at radius 1 is 1.25 bits per heavy atom. The summed E-state index contributed by atoms with van der Waals surface area (Å²) in [5.74, 6) is -0.793. The third-order valence-electron chi connectivity index (χ3n) is 3.69. The molecule has 0 saturated carbocycles. The van der Waals surface area contributed by atoms with Crippen molar-refractivity contribution in [3.63, 3.8) is 0 Å². The molecule has 0 saturated heterocycles. The Morgan fingerprint density at radius 2 is 1.80 bits per heavy atom. The minimum Gasteiger partial charge on any atom is -0.481 e. The summed E-state index contributed by atoms with van der Waals surface area (Å²) in [6.45, 7) is 12.6. The molecule has 0 heterocycles. The largest absolute Gasteiger partial charge is 0.481 e. The molecule has 20 heavy (non-hydrogen) atoms. The molecule has 0 aliphatic carbocycles. The van der Waals surface area contributed by atoms with Crippen LogP contribution in [0.1, 0.15) is 60.8 Å². The number of hydrogen-bond donors (Lipinski definition) is 2. The Kier molecular flexibility index (Phi) is 7.79. The molecule has 1 unspecified atom stereocenters. The molecule has 0 aromatic rings. The summed E-state index contributed by atoms with van der Waals surface area (Å²) >= 11 is 0. The van der Waals surface area contributed by atoms with E-state index in [-0.39, 0.29) is 30.0 Å². The van der Waals surface area contributed by atoms with E-state index in [1.54, 1.807) is 0 Å². The van der Waals surface area contributed by atoms with Crippen LogP contribution in [0.5, 0.6) is 0 Å². The summed E-state index contributed by atoms with van der Waals surface area (Å²) < 4.78 is 0. The summed E-state index contributed by atoms with van der Waals surface area (Å²) in [6.07, 6.45) is 1.56. The van der Waals surface area contributed by atoms with Crippen molar-refractivity contribution in [3.05, 3.63) is 0 Å². The number of nitrogens with one attached hydrogen (secondary N) is 1. The molecular weight excluding hydrogens is 256 g/mol. The van der Waals surface area contributed by atoms with E-state index in [1.807, 2.05) is 46.4 Å². The fraction of sp³-hybridized carbons (Fsp3) is 0.867. The molecular formula is C15H30N2O3. The van der Waals surface area contributed by atoms with Gasteiger partial charge in [0.25, 0.3) is 0 Å². The Labute approximate surface area is 122 Å². The van der Waals surface area contributed by atoms with Crippen LogP contribution < -0.4 is 5.32 Å². The van der Waals surface area contributed by atoms with Gasteiger partial charge in [0.1, 0.15) is 0 Å². The Balaban J connectivity index is 4.59. The lowest BCUT2D eigenvalue weighted by Crippen LogP contribution is -2.53. The summed E-state index contributed by atoms with van der Waals surface area (Å²) in [7, 11) is 0. The van der Waals surface area contributed by atoms with Crippen LogP contribution >= 0.6 is 0 Å². The lowest BCUT2D eigenvalue weighted by molar-refractivity contribution is -0.137. The Bertz CT molecular complexity index is 327.